The summed E-state index contributed by atoms with van der Waals surface area (Å²) >= 11 is 0. The van der Waals surface area contributed by atoms with Crippen LogP contribution in [0.2, 0.25) is 0 Å². The van der Waals surface area contributed by atoms with Crippen LogP contribution in [0.25, 0.3) is 0 Å². The van der Waals surface area contributed by atoms with Crippen molar-refractivity contribution in [2.45, 2.75) is 45.8 Å². The van der Waals surface area contributed by atoms with Crippen LogP contribution in [-0.2, 0) is 14.8 Å². The van der Waals surface area contributed by atoms with Crippen molar-refractivity contribution in [2.75, 3.05) is 13.1 Å². The van der Waals surface area contributed by atoms with Crippen molar-refractivity contribution in [1.82, 2.24) is 10.0 Å². The zero-order chi connectivity index (χ0) is 14.0. The SMILES string of the molecule is CC(C)S(=O)(=O)NC(=O)C(C)(C)C1CCCNC1. The Bertz CT molecular complexity index is 396. The standard InChI is InChI=1S/C12H24N2O3S/c1-9(2)18(16,17)14-11(15)12(3,4)10-6-5-7-13-8-10/h9-10,13H,5-8H2,1-4H3,(H,14,15). The van der Waals surface area contributed by atoms with Gasteiger partial charge in [0.2, 0.25) is 15.9 Å². The molecule has 1 fully saturated rings. The Balaban J connectivity index is 2.75. The molecule has 0 spiro atoms. The van der Waals surface area contributed by atoms with Crippen molar-refractivity contribution < 1.29 is 13.2 Å². The molecule has 0 aromatic carbocycles. The maximum absolute atomic E-state index is 12.2. The summed E-state index contributed by atoms with van der Waals surface area (Å²) in [7, 11) is -3.54. The van der Waals surface area contributed by atoms with E-state index in [1.165, 1.54) is 0 Å². The number of piperidine rings is 1. The Morgan fingerprint density at radius 2 is 2.00 bits per heavy atom. The second-order valence-electron chi connectivity index (χ2n) is 5.79. The van der Waals surface area contributed by atoms with Crippen LogP contribution in [0.1, 0.15) is 40.5 Å². The van der Waals surface area contributed by atoms with E-state index in [-0.39, 0.29) is 5.92 Å². The number of hydrogen-bond donors (Lipinski definition) is 2. The van der Waals surface area contributed by atoms with E-state index >= 15 is 0 Å². The second kappa shape index (κ2) is 5.57. The van der Waals surface area contributed by atoms with Gasteiger partial charge in [-0.25, -0.2) is 8.42 Å². The Hall–Kier alpha value is -0.620. The third-order valence-electron chi connectivity index (χ3n) is 3.76. The van der Waals surface area contributed by atoms with Gasteiger partial charge in [0.25, 0.3) is 0 Å². The lowest BCUT2D eigenvalue weighted by Crippen LogP contribution is -2.49. The van der Waals surface area contributed by atoms with Crippen LogP contribution in [0.15, 0.2) is 0 Å². The maximum atomic E-state index is 12.2. The van der Waals surface area contributed by atoms with E-state index < -0.39 is 26.6 Å². The molecule has 0 aromatic heterocycles. The number of carbonyl (C=O) groups is 1. The normalized spacial score (nSPS) is 21.9. The molecule has 106 valence electrons. The van der Waals surface area contributed by atoms with E-state index in [0.717, 1.165) is 25.9 Å². The van der Waals surface area contributed by atoms with Gasteiger partial charge in [-0.2, -0.15) is 0 Å². The van der Waals surface area contributed by atoms with Crippen LogP contribution in [0.3, 0.4) is 0 Å². The minimum absolute atomic E-state index is 0.175. The lowest BCUT2D eigenvalue weighted by molar-refractivity contribution is -0.130. The molecule has 1 unspecified atom stereocenters. The molecule has 18 heavy (non-hydrogen) atoms. The maximum Gasteiger partial charge on any atom is 0.239 e. The number of carbonyl (C=O) groups excluding carboxylic acids is 1. The summed E-state index contributed by atoms with van der Waals surface area (Å²) in [4.78, 5) is 12.2. The molecule has 6 heteroatoms. The minimum atomic E-state index is -3.54. The van der Waals surface area contributed by atoms with Gasteiger partial charge in [0, 0.05) is 5.41 Å². The Kier molecular flexibility index (Phi) is 4.78. The molecule has 1 rings (SSSR count). The topological polar surface area (TPSA) is 75.3 Å². The molecule has 0 saturated carbocycles. The quantitative estimate of drug-likeness (QED) is 0.799. The summed E-state index contributed by atoms with van der Waals surface area (Å²) in [6.07, 6.45) is 1.98. The van der Waals surface area contributed by atoms with Gasteiger partial charge in [-0.3, -0.25) is 9.52 Å². The van der Waals surface area contributed by atoms with Crippen LogP contribution < -0.4 is 10.0 Å². The molecule has 5 nitrogen and oxygen atoms in total. The van der Waals surface area contributed by atoms with E-state index in [0.29, 0.717) is 0 Å². The lowest BCUT2D eigenvalue weighted by atomic mass is 9.74. The molecule has 1 aliphatic rings. The summed E-state index contributed by atoms with van der Waals surface area (Å²) < 4.78 is 25.6. The fourth-order valence-corrected chi connectivity index (χ4v) is 2.79. The highest BCUT2D eigenvalue weighted by atomic mass is 32.2. The molecule has 1 aliphatic heterocycles. The molecule has 1 heterocycles. The summed E-state index contributed by atoms with van der Waals surface area (Å²) in [6, 6.07) is 0. The van der Waals surface area contributed by atoms with Gasteiger partial charge >= 0.3 is 0 Å². The predicted octanol–water partition coefficient (Wildman–Crippen LogP) is 0.867. The van der Waals surface area contributed by atoms with Gasteiger partial charge in [-0.1, -0.05) is 13.8 Å². The highest BCUT2D eigenvalue weighted by molar-refractivity contribution is 7.90. The van der Waals surface area contributed by atoms with Crippen molar-refractivity contribution >= 4 is 15.9 Å². The van der Waals surface area contributed by atoms with E-state index in [1.807, 2.05) is 13.8 Å². The van der Waals surface area contributed by atoms with Gasteiger partial charge in [-0.15, -0.1) is 0 Å². The van der Waals surface area contributed by atoms with Crippen molar-refractivity contribution in [2.24, 2.45) is 11.3 Å². The summed E-state index contributed by atoms with van der Waals surface area (Å²) in [6.45, 7) is 8.49. The first-order chi connectivity index (χ1) is 8.18. The fourth-order valence-electron chi connectivity index (χ4n) is 2.03. The Morgan fingerprint density at radius 3 is 2.44 bits per heavy atom. The molecule has 0 radical (unpaired) electrons. The third kappa shape index (κ3) is 3.45. The molecular formula is C12H24N2O3S. The second-order valence-corrected chi connectivity index (χ2v) is 8.03. The Labute approximate surface area is 110 Å². The first kappa shape index (κ1) is 15.4. The monoisotopic (exact) mass is 276 g/mol. The number of hydrogen-bond acceptors (Lipinski definition) is 4. The summed E-state index contributed by atoms with van der Waals surface area (Å²) in [5.74, 6) is -0.224. The van der Waals surface area contributed by atoms with E-state index in [1.54, 1.807) is 13.8 Å². The van der Waals surface area contributed by atoms with Gasteiger partial charge < -0.3 is 5.32 Å². The van der Waals surface area contributed by atoms with Crippen LogP contribution in [0, 0.1) is 11.3 Å². The Morgan fingerprint density at radius 1 is 1.39 bits per heavy atom. The van der Waals surface area contributed by atoms with E-state index in [9.17, 15) is 13.2 Å². The molecular weight excluding hydrogens is 252 g/mol. The van der Waals surface area contributed by atoms with Crippen molar-refractivity contribution in [3.8, 4) is 0 Å². The molecule has 1 saturated heterocycles. The van der Waals surface area contributed by atoms with Gasteiger partial charge in [0.1, 0.15) is 0 Å². The highest BCUT2D eigenvalue weighted by Crippen LogP contribution is 2.32. The largest absolute Gasteiger partial charge is 0.316 e. The van der Waals surface area contributed by atoms with Crippen LogP contribution in [0.4, 0.5) is 0 Å². The first-order valence-corrected chi connectivity index (χ1v) is 7.99. The summed E-state index contributed by atoms with van der Waals surface area (Å²) in [5, 5.41) is 2.66. The van der Waals surface area contributed by atoms with Crippen molar-refractivity contribution in [3.63, 3.8) is 0 Å². The third-order valence-corrected chi connectivity index (χ3v) is 5.47. The number of amides is 1. The summed E-state index contributed by atoms with van der Waals surface area (Å²) in [5.41, 5.74) is -0.671. The molecule has 1 atom stereocenters. The molecule has 2 N–H and O–H groups in total. The van der Waals surface area contributed by atoms with Gasteiger partial charge in [-0.05, 0) is 45.7 Å². The molecule has 0 aliphatic carbocycles. The predicted molar refractivity (Wildman–Crippen MR) is 71.6 cm³/mol. The van der Waals surface area contributed by atoms with Crippen LogP contribution in [-0.4, -0.2) is 32.7 Å². The highest BCUT2D eigenvalue weighted by Gasteiger charge is 2.39. The van der Waals surface area contributed by atoms with E-state index in [2.05, 4.69) is 10.0 Å². The molecule has 1 amide bonds. The first-order valence-electron chi connectivity index (χ1n) is 6.44. The number of sulfonamides is 1. The zero-order valence-electron chi connectivity index (χ0n) is 11.6. The zero-order valence-corrected chi connectivity index (χ0v) is 12.4. The molecule has 0 bridgehead atoms. The van der Waals surface area contributed by atoms with Crippen LogP contribution in [0.5, 0.6) is 0 Å². The van der Waals surface area contributed by atoms with Gasteiger partial charge in [0.15, 0.2) is 0 Å². The molecule has 0 aromatic rings. The van der Waals surface area contributed by atoms with Crippen LogP contribution >= 0.6 is 0 Å². The lowest BCUT2D eigenvalue weighted by Gasteiger charge is -2.35. The average Bonchev–Trinajstić information content (AvgIpc) is 2.29. The minimum Gasteiger partial charge on any atom is -0.316 e. The number of nitrogens with one attached hydrogen (secondary N) is 2. The van der Waals surface area contributed by atoms with Gasteiger partial charge in [0.05, 0.1) is 5.25 Å². The van der Waals surface area contributed by atoms with Crippen molar-refractivity contribution in [1.29, 1.82) is 0 Å². The smallest absolute Gasteiger partial charge is 0.239 e. The average molecular weight is 276 g/mol. The fraction of sp³-hybridized carbons (Fsp3) is 0.917. The number of rotatable bonds is 4. The van der Waals surface area contributed by atoms with E-state index in [4.69, 9.17) is 0 Å². The van der Waals surface area contributed by atoms with Crippen molar-refractivity contribution in [3.05, 3.63) is 0 Å².